The zero-order valence-electron chi connectivity index (χ0n) is 18.9. The minimum atomic E-state index is -0.149. The van der Waals surface area contributed by atoms with E-state index in [0.717, 1.165) is 47.5 Å². The highest BCUT2D eigenvalue weighted by Crippen LogP contribution is 2.35. The average molecular weight is 438 g/mol. The number of hydrogen-bond donors (Lipinski definition) is 1. The van der Waals surface area contributed by atoms with Gasteiger partial charge in [0.05, 0.1) is 12.6 Å². The number of pyridine rings is 1. The third-order valence-electron chi connectivity index (χ3n) is 6.32. The van der Waals surface area contributed by atoms with Gasteiger partial charge < -0.3 is 15.0 Å². The number of nitrogens with zero attached hydrogens (tertiary/aromatic N) is 2. The smallest absolute Gasteiger partial charge is 0.255 e. The van der Waals surface area contributed by atoms with Crippen LogP contribution < -0.4 is 15.0 Å². The molecule has 0 spiro atoms. The summed E-state index contributed by atoms with van der Waals surface area (Å²) in [7, 11) is 1.61. The van der Waals surface area contributed by atoms with E-state index in [4.69, 9.17) is 9.72 Å². The van der Waals surface area contributed by atoms with E-state index >= 15 is 0 Å². The van der Waals surface area contributed by atoms with Gasteiger partial charge in [0.1, 0.15) is 5.75 Å². The molecule has 1 fully saturated rings. The van der Waals surface area contributed by atoms with Crippen LogP contribution in [0.15, 0.2) is 78.9 Å². The van der Waals surface area contributed by atoms with Crippen molar-refractivity contribution in [1.29, 1.82) is 0 Å². The van der Waals surface area contributed by atoms with E-state index in [-0.39, 0.29) is 5.91 Å². The quantitative estimate of drug-likeness (QED) is 0.429. The van der Waals surface area contributed by atoms with Crippen molar-refractivity contribution in [2.45, 2.75) is 19.3 Å². The molecule has 0 saturated carbocycles. The second-order valence-electron chi connectivity index (χ2n) is 8.54. The van der Waals surface area contributed by atoms with E-state index in [1.54, 1.807) is 31.4 Å². The van der Waals surface area contributed by atoms with Crippen molar-refractivity contribution in [3.05, 3.63) is 95.7 Å². The Bertz CT molecular complexity index is 1290. The van der Waals surface area contributed by atoms with Crippen LogP contribution in [0.1, 0.15) is 34.0 Å². The summed E-state index contributed by atoms with van der Waals surface area (Å²) in [6.45, 7) is 4.01. The Hall–Kier alpha value is -3.86. The molecule has 1 aliphatic rings. The molecule has 1 aliphatic heterocycles. The normalized spacial score (nSPS) is 15.6. The molecule has 5 nitrogen and oxygen atoms in total. The molecule has 5 rings (SSSR count). The van der Waals surface area contributed by atoms with Crippen molar-refractivity contribution < 1.29 is 9.53 Å². The number of ether oxygens (including phenoxy) is 1. The van der Waals surface area contributed by atoms with Crippen LogP contribution in [-0.4, -0.2) is 31.1 Å². The number of fused-ring (bicyclic) bond motifs is 1. The van der Waals surface area contributed by atoms with Gasteiger partial charge in [0.15, 0.2) is 0 Å². The maximum absolute atomic E-state index is 12.8. The maximum atomic E-state index is 12.8. The van der Waals surface area contributed by atoms with E-state index < -0.39 is 0 Å². The van der Waals surface area contributed by atoms with Gasteiger partial charge in [0.25, 0.3) is 5.91 Å². The molecule has 1 aromatic heterocycles. The van der Waals surface area contributed by atoms with Gasteiger partial charge >= 0.3 is 0 Å². The van der Waals surface area contributed by atoms with E-state index in [0.29, 0.717) is 11.5 Å². The molecule has 0 bridgehead atoms. The maximum Gasteiger partial charge on any atom is 0.255 e. The Morgan fingerprint density at radius 1 is 1.03 bits per heavy atom. The van der Waals surface area contributed by atoms with Crippen LogP contribution in [0, 0.1) is 6.92 Å². The summed E-state index contributed by atoms with van der Waals surface area (Å²) in [4.78, 5) is 19.9. The van der Waals surface area contributed by atoms with Gasteiger partial charge in [-0.25, -0.2) is 0 Å². The Kier molecular flexibility index (Phi) is 5.69. The largest absolute Gasteiger partial charge is 0.497 e. The van der Waals surface area contributed by atoms with Crippen molar-refractivity contribution in [2.75, 3.05) is 30.4 Å². The van der Waals surface area contributed by atoms with E-state index in [9.17, 15) is 4.79 Å². The lowest BCUT2D eigenvalue weighted by Crippen LogP contribution is -2.20. The summed E-state index contributed by atoms with van der Waals surface area (Å²) in [6.07, 6.45) is 1.13. The molecule has 1 unspecified atom stereocenters. The van der Waals surface area contributed by atoms with Crippen molar-refractivity contribution >= 4 is 28.2 Å². The molecule has 1 saturated heterocycles. The Morgan fingerprint density at radius 2 is 1.82 bits per heavy atom. The second-order valence-corrected chi connectivity index (χ2v) is 8.54. The number of hydrogen-bond acceptors (Lipinski definition) is 4. The summed E-state index contributed by atoms with van der Waals surface area (Å²) in [5.41, 5.74) is 5.85. The fraction of sp³-hybridized carbons (Fsp3) is 0.214. The topological polar surface area (TPSA) is 54.5 Å². The Morgan fingerprint density at radius 3 is 2.58 bits per heavy atom. The van der Waals surface area contributed by atoms with Gasteiger partial charge in [-0.2, -0.15) is 0 Å². The number of anilines is 2. The van der Waals surface area contributed by atoms with Gasteiger partial charge in [0.2, 0.25) is 0 Å². The predicted octanol–water partition coefficient (Wildman–Crippen LogP) is 5.80. The third-order valence-corrected chi connectivity index (χ3v) is 6.32. The molecular formula is C28H27N3O2. The predicted molar refractivity (Wildman–Crippen MR) is 133 cm³/mol. The zero-order valence-corrected chi connectivity index (χ0v) is 18.9. The van der Waals surface area contributed by atoms with Crippen LogP contribution in [0.2, 0.25) is 0 Å². The Balaban J connectivity index is 1.42. The number of amides is 1. The summed E-state index contributed by atoms with van der Waals surface area (Å²) >= 11 is 0. The summed E-state index contributed by atoms with van der Waals surface area (Å²) < 4.78 is 5.18. The Labute approximate surface area is 194 Å². The molecule has 166 valence electrons. The van der Waals surface area contributed by atoms with Crippen LogP contribution >= 0.6 is 0 Å². The lowest BCUT2D eigenvalue weighted by atomic mass is 9.99. The molecular weight excluding hydrogens is 410 g/mol. The third kappa shape index (κ3) is 4.40. The van der Waals surface area contributed by atoms with Gasteiger partial charge in [-0.1, -0.05) is 30.3 Å². The first-order valence-corrected chi connectivity index (χ1v) is 11.3. The SMILES string of the molecule is COc1ccc(C(=O)Nc2ccc3nc(C)cc(N4CCC(c5ccccc5)C4)c3c2)cc1. The molecule has 0 aliphatic carbocycles. The fourth-order valence-corrected chi connectivity index (χ4v) is 4.60. The summed E-state index contributed by atoms with van der Waals surface area (Å²) in [5.74, 6) is 1.10. The monoisotopic (exact) mass is 437 g/mol. The van der Waals surface area contributed by atoms with Crippen LogP contribution in [0.3, 0.4) is 0 Å². The molecule has 0 radical (unpaired) electrons. The van der Waals surface area contributed by atoms with Crippen molar-refractivity contribution in [2.24, 2.45) is 0 Å². The molecule has 1 N–H and O–H groups in total. The van der Waals surface area contributed by atoms with Crippen molar-refractivity contribution in [3.8, 4) is 5.75 Å². The van der Waals surface area contributed by atoms with Gasteiger partial charge in [-0.15, -0.1) is 0 Å². The zero-order chi connectivity index (χ0) is 22.8. The lowest BCUT2D eigenvalue weighted by molar-refractivity contribution is 0.102. The molecule has 4 aromatic rings. The number of nitrogens with one attached hydrogen (secondary N) is 1. The van der Waals surface area contributed by atoms with Gasteiger partial charge in [-0.05, 0) is 67.4 Å². The minimum Gasteiger partial charge on any atom is -0.497 e. The fourth-order valence-electron chi connectivity index (χ4n) is 4.60. The second kappa shape index (κ2) is 8.94. The molecule has 33 heavy (non-hydrogen) atoms. The first-order chi connectivity index (χ1) is 16.1. The van der Waals surface area contributed by atoms with Gasteiger partial charge in [0, 0.05) is 47.0 Å². The number of carbonyl (C=O) groups excluding carboxylic acids is 1. The molecule has 1 amide bonds. The number of methoxy groups -OCH3 is 1. The van der Waals surface area contributed by atoms with Crippen LogP contribution in [-0.2, 0) is 0 Å². The highest BCUT2D eigenvalue weighted by Gasteiger charge is 2.25. The van der Waals surface area contributed by atoms with Crippen LogP contribution in [0.5, 0.6) is 5.75 Å². The van der Waals surface area contributed by atoms with Crippen molar-refractivity contribution in [3.63, 3.8) is 0 Å². The van der Waals surface area contributed by atoms with E-state index in [2.05, 4.69) is 46.6 Å². The first-order valence-electron chi connectivity index (χ1n) is 11.3. The van der Waals surface area contributed by atoms with E-state index in [1.807, 2.05) is 25.1 Å². The number of aryl methyl sites for hydroxylation is 1. The highest BCUT2D eigenvalue weighted by molar-refractivity contribution is 6.06. The molecule has 5 heteroatoms. The number of benzene rings is 3. The molecule has 3 aromatic carbocycles. The highest BCUT2D eigenvalue weighted by atomic mass is 16.5. The molecule has 1 atom stereocenters. The van der Waals surface area contributed by atoms with Crippen LogP contribution in [0.25, 0.3) is 10.9 Å². The average Bonchev–Trinajstić information content (AvgIpc) is 3.34. The number of aromatic nitrogens is 1. The minimum absolute atomic E-state index is 0.149. The molecule has 2 heterocycles. The van der Waals surface area contributed by atoms with E-state index in [1.165, 1.54) is 11.3 Å². The summed E-state index contributed by atoms with van der Waals surface area (Å²) in [6, 6.07) is 25.9. The summed E-state index contributed by atoms with van der Waals surface area (Å²) in [5, 5.41) is 4.09. The number of carbonyl (C=O) groups is 1. The van der Waals surface area contributed by atoms with Gasteiger partial charge in [-0.3, -0.25) is 9.78 Å². The standard InChI is InChI=1S/C28H27N3O2/c1-19-16-27(31-15-14-22(18-31)20-6-4-3-5-7-20)25-17-23(10-13-26(25)29-19)30-28(32)21-8-11-24(33-2)12-9-21/h3-13,16-17,22H,14-15,18H2,1-2H3,(H,30,32). The van der Waals surface area contributed by atoms with Crippen LogP contribution in [0.4, 0.5) is 11.4 Å². The first kappa shape index (κ1) is 21.0. The van der Waals surface area contributed by atoms with Crippen molar-refractivity contribution in [1.82, 2.24) is 4.98 Å². The lowest BCUT2D eigenvalue weighted by Gasteiger charge is -2.22. The number of rotatable bonds is 5.